The van der Waals surface area contributed by atoms with Crippen LogP contribution in [0.1, 0.15) is 357 Å². The third-order valence-corrected chi connectivity index (χ3v) is 19.6. The number of esters is 4. The van der Waals surface area contributed by atoms with Crippen LogP contribution in [-0.4, -0.2) is 96.7 Å². The van der Waals surface area contributed by atoms with Crippen molar-refractivity contribution in [1.82, 2.24) is 0 Å². The minimum absolute atomic E-state index is 0.103. The topological polar surface area (TPSA) is 237 Å². The van der Waals surface area contributed by atoms with Gasteiger partial charge in [0.1, 0.15) is 19.3 Å². The average molecular weight is 1340 g/mol. The number of aliphatic hydroxyl groups is 1. The molecule has 0 aromatic carbocycles. The lowest BCUT2D eigenvalue weighted by Gasteiger charge is -2.21. The molecule has 0 rings (SSSR count). The van der Waals surface area contributed by atoms with Gasteiger partial charge in [-0.2, -0.15) is 0 Å². The number of unbranched alkanes of at least 4 members (excludes halogenated alkanes) is 32. The molecule has 91 heavy (non-hydrogen) atoms. The Bertz CT molecular complexity index is 1800. The summed E-state index contributed by atoms with van der Waals surface area (Å²) in [5.41, 5.74) is 0. The number of phosphoric acid groups is 2. The van der Waals surface area contributed by atoms with E-state index in [0.717, 1.165) is 114 Å². The summed E-state index contributed by atoms with van der Waals surface area (Å²) in [6.45, 7) is 14.1. The normalized spacial score (nSPS) is 15.1. The highest BCUT2D eigenvalue weighted by atomic mass is 31.2. The van der Waals surface area contributed by atoms with Crippen LogP contribution in [-0.2, 0) is 65.4 Å². The predicted octanol–water partition coefficient (Wildman–Crippen LogP) is 20.5. The Kier molecular flexibility index (Phi) is 60.3. The van der Waals surface area contributed by atoms with E-state index >= 15 is 0 Å². The number of aliphatic hydroxyl groups excluding tert-OH is 1. The molecule has 0 fully saturated rings. The molecule has 0 aliphatic heterocycles. The highest BCUT2D eigenvalue weighted by Crippen LogP contribution is 2.45. The number of rotatable bonds is 69. The van der Waals surface area contributed by atoms with Gasteiger partial charge >= 0.3 is 39.5 Å². The van der Waals surface area contributed by atoms with E-state index in [1.165, 1.54) is 161 Å². The van der Waals surface area contributed by atoms with Crippen LogP contribution in [0, 0.1) is 23.7 Å². The summed E-state index contributed by atoms with van der Waals surface area (Å²) < 4.78 is 68.3. The average Bonchev–Trinajstić information content (AvgIpc) is 3.07. The largest absolute Gasteiger partial charge is 0.472 e. The molecule has 8 atom stereocenters. The Morgan fingerprint density at radius 3 is 0.780 bits per heavy atom. The summed E-state index contributed by atoms with van der Waals surface area (Å²) in [5.74, 6) is 0.935. The number of carbonyl (C=O) groups excluding carboxylic acids is 4. The van der Waals surface area contributed by atoms with Crippen LogP contribution in [0.5, 0.6) is 0 Å². The molecule has 0 aliphatic rings. The molecule has 540 valence electrons. The minimum atomic E-state index is -4.95. The third kappa shape index (κ3) is 62.6. The summed E-state index contributed by atoms with van der Waals surface area (Å²) >= 11 is 0. The Labute approximate surface area is 556 Å². The van der Waals surface area contributed by atoms with E-state index in [0.29, 0.717) is 25.7 Å². The van der Waals surface area contributed by atoms with Crippen LogP contribution in [0.15, 0.2) is 0 Å². The first kappa shape index (κ1) is 89.1. The smallest absolute Gasteiger partial charge is 0.462 e. The molecule has 0 aromatic rings. The summed E-state index contributed by atoms with van der Waals surface area (Å²) in [4.78, 5) is 72.6. The van der Waals surface area contributed by atoms with Crippen molar-refractivity contribution in [3.8, 4) is 0 Å². The molecule has 3 N–H and O–H groups in total. The molecule has 0 aromatic heterocycles. The van der Waals surface area contributed by atoms with Gasteiger partial charge < -0.3 is 33.8 Å². The van der Waals surface area contributed by atoms with Gasteiger partial charge in [-0.15, -0.1) is 0 Å². The molecule has 0 bridgehead atoms. The number of hydrogen-bond acceptors (Lipinski definition) is 15. The molecular formula is C72H140O17P2. The second kappa shape index (κ2) is 61.6. The van der Waals surface area contributed by atoms with E-state index < -0.39 is 97.5 Å². The third-order valence-electron chi connectivity index (χ3n) is 17.7. The van der Waals surface area contributed by atoms with Crippen molar-refractivity contribution in [3.63, 3.8) is 0 Å². The number of ether oxygens (including phenoxy) is 4. The summed E-state index contributed by atoms with van der Waals surface area (Å²) in [6.07, 6.45) is 44.4. The molecule has 17 nitrogen and oxygen atoms in total. The quantitative estimate of drug-likeness (QED) is 0.0222. The number of phosphoric ester groups is 2. The fraction of sp³-hybridized carbons (Fsp3) is 0.944. The first-order valence-electron chi connectivity index (χ1n) is 37.3. The van der Waals surface area contributed by atoms with Crippen molar-refractivity contribution < 1.29 is 80.2 Å². The van der Waals surface area contributed by atoms with Crippen molar-refractivity contribution in [2.45, 2.75) is 375 Å². The maximum Gasteiger partial charge on any atom is 0.472 e. The zero-order valence-corrected chi connectivity index (χ0v) is 61.3. The predicted molar refractivity (Wildman–Crippen MR) is 367 cm³/mol. The van der Waals surface area contributed by atoms with Gasteiger partial charge in [0.2, 0.25) is 0 Å². The Balaban J connectivity index is 5.21. The van der Waals surface area contributed by atoms with Crippen LogP contribution in [0.25, 0.3) is 0 Å². The van der Waals surface area contributed by atoms with Crippen molar-refractivity contribution in [3.05, 3.63) is 0 Å². The van der Waals surface area contributed by atoms with Gasteiger partial charge in [-0.3, -0.25) is 37.3 Å². The molecule has 0 radical (unpaired) electrons. The van der Waals surface area contributed by atoms with Gasteiger partial charge in [-0.25, -0.2) is 9.13 Å². The highest BCUT2D eigenvalue weighted by Gasteiger charge is 2.30. The van der Waals surface area contributed by atoms with Crippen LogP contribution >= 0.6 is 15.6 Å². The molecular weight excluding hydrogens is 1200 g/mol. The zero-order valence-electron chi connectivity index (χ0n) is 59.5. The molecule has 6 unspecified atom stereocenters. The van der Waals surface area contributed by atoms with Gasteiger partial charge in [-0.1, -0.05) is 306 Å². The molecule has 0 saturated carbocycles. The van der Waals surface area contributed by atoms with Gasteiger partial charge in [-0.05, 0) is 49.4 Å². The standard InChI is InChI=1S/C72H140O17P2/c1-9-63(6)49-41-33-25-18-16-14-12-13-15-17-19-27-36-44-52-69(74)82-59-68(89-72(77)55-47-39-31-30-35-43-51-65(8)11-3)61-87-91(80,81)85-57-66(73)56-84-90(78,79)86-60-67(58-83-70(75)53-45-37-28-22-20-24-32-40-48-62(4)5)88-71(76)54-46-38-29-23-21-26-34-42-50-64(7)10-2/h62-68,73H,9-61H2,1-8H3,(H,78,79)(H,80,81)/t63?,64?,65?,66?,67-,68-/m1/s1. The Hall–Kier alpha value is -1.94. The molecule has 0 spiro atoms. The number of hydrogen-bond donors (Lipinski definition) is 3. The van der Waals surface area contributed by atoms with E-state index in [4.69, 9.17) is 37.0 Å². The fourth-order valence-electron chi connectivity index (χ4n) is 10.7. The lowest BCUT2D eigenvalue weighted by atomic mass is 9.99. The molecule has 19 heteroatoms. The van der Waals surface area contributed by atoms with Crippen LogP contribution in [0.3, 0.4) is 0 Å². The Morgan fingerprint density at radius 2 is 0.527 bits per heavy atom. The lowest BCUT2D eigenvalue weighted by Crippen LogP contribution is -2.30. The highest BCUT2D eigenvalue weighted by molar-refractivity contribution is 7.47. The molecule has 0 amide bonds. The summed E-state index contributed by atoms with van der Waals surface area (Å²) in [5, 5.41) is 10.6. The van der Waals surface area contributed by atoms with Gasteiger partial charge in [0, 0.05) is 25.7 Å². The van der Waals surface area contributed by atoms with Crippen molar-refractivity contribution in [2.75, 3.05) is 39.6 Å². The SMILES string of the molecule is CCC(C)CCCCCCCCCCCCCCCCC(=O)OC[C@H](COP(=O)(O)OCC(O)COP(=O)(O)OC[C@@H](COC(=O)CCCCCCCCCCC(C)C)OC(=O)CCCCCCCCCCC(C)CC)OC(=O)CCCCCCCCC(C)CC. The number of carbonyl (C=O) groups is 4. The Morgan fingerprint density at radius 1 is 0.308 bits per heavy atom. The molecule has 0 saturated heterocycles. The van der Waals surface area contributed by atoms with Crippen molar-refractivity contribution in [2.24, 2.45) is 23.7 Å². The lowest BCUT2D eigenvalue weighted by molar-refractivity contribution is -0.161. The van der Waals surface area contributed by atoms with Crippen LogP contribution in [0.4, 0.5) is 0 Å². The van der Waals surface area contributed by atoms with Crippen molar-refractivity contribution >= 4 is 39.5 Å². The summed E-state index contributed by atoms with van der Waals surface area (Å²) in [6, 6.07) is 0. The monoisotopic (exact) mass is 1340 g/mol. The van der Waals surface area contributed by atoms with E-state index in [2.05, 4.69) is 55.4 Å². The van der Waals surface area contributed by atoms with Crippen LogP contribution in [0.2, 0.25) is 0 Å². The van der Waals surface area contributed by atoms with Gasteiger partial charge in [0.15, 0.2) is 12.2 Å². The first-order valence-corrected chi connectivity index (χ1v) is 40.3. The zero-order chi connectivity index (χ0) is 67.5. The second-order valence-electron chi connectivity index (χ2n) is 27.2. The first-order chi connectivity index (χ1) is 43.7. The van der Waals surface area contributed by atoms with Gasteiger partial charge in [0.25, 0.3) is 0 Å². The van der Waals surface area contributed by atoms with E-state index in [9.17, 15) is 43.2 Å². The van der Waals surface area contributed by atoms with Crippen molar-refractivity contribution in [1.29, 1.82) is 0 Å². The van der Waals surface area contributed by atoms with Crippen LogP contribution < -0.4 is 0 Å². The maximum atomic E-state index is 13.0. The van der Waals surface area contributed by atoms with Gasteiger partial charge in [0.05, 0.1) is 26.4 Å². The molecule has 0 aliphatic carbocycles. The van der Waals surface area contributed by atoms with E-state index in [1.807, 2.05) is 0 Å². The second-order valence-corrected chi connectivity index (χ2v) is 30.1. The summed E-state index contributed by atoms with van der Waals surface area (Å²) in [7, 11) is -9.91. The van der Waals surface area contributed by atoms with E-state index in [1.54, 1.807) is 0 Å². The molecule has 0 heterocycles. The minimum Gasteiger partial charge on any atom is -0.462 e. The van der Waals surface area contributed by atoms with E-state index in [-0.39, 0.29) is 25.7 Å². The maximum absolute atomic E-state index is 13.0. The fourth-order valence-corrected chi connectivity index (χ4v) is 12.3.